The summed E-state index contributed by atoms with van der Waals surface area (Å²) in [5.41, 5.74) is 14.3. The molecule has 0 fully saturated rings. The Morgan fingerprint density at radius 1 is 1.15 bits per heavy atom. The van der Waals surface area contributed by atoms with Crippen LogP contribution >= 0.6 is 27.7 Å². The summed E-state index contributed by atoms with van der Waals surface area (Å²) in [6.45, 7) is 2.12. The van der Waals surface area contributed by atoms with Crippen LogP contribution in [0, 0.1) is 0 Å². The normalized spacial score (nSPS) is 10.7. The van der Waals surface area contributed by atoms with Gasteiger partial charge in [0.1, 0.15) is 0 Å². The number of hydrogen-bond acceptors (Lipinski definition) is 5. The minimum atomic E-state index is 0.366. The number of anilines is 2. The number of nitrogen functional groups attached to an aromatic ring is 2. The van der Waals surface area contributed by atoms with Crippen molar-refractivity contribution < 1.29 is 0 Å². The third-order valence-corrected chi connectivity index (χ3v) is 4.34. The summed E-state index contributed by atoms with van der Waals surface area (Å²) in [6, 6.07) is 8.09. The quantitative estimate of drug-likeness (QED) is 0.635. The smallest absolute Gasteiger partial charge is 0.189 e. The maximum absolute atomic E-state index is 5.99. The summed E-state index contributed by atoms with van der Waals surface area (Å²) in [7, 11) is 0. The van der Waals surface area contributed by atoms with Crippen molar-refractivity contribution in [1.29, 1.82) is 0 Å². The van der Waals surface area contributed by atoms with E-state index in [0.29, 0.717) is 23.1 Å². The van der Waals surface area contributed by atoms with Crippen LogP contribution in [0.2, 0.25) is 0 Å². The van der Waals surface area contributed by atoms with Gasteiger partial charge in [0.15, 0.2) is 11.0 Å². The van der Waals surface area contributed by atoms with E-state index >= 15 is 0 Å². The largest absolute Gasteiger partial charge is 0.394 e. The summed E-state index contributed by atoms with van der Waals surface area (Å²) < 4.78 is 1.05. The number of benzene rings is 1. The molecule has 2 rings (SSSR count). The van der Waals surface area contributed by atoms with Crippen LogP contribution in [0.1, 0.15) is 24.6 Å². The van der Waals surface area contributed by atoms with Crippen LogP contribution in [0.25, 0.3) is 0 Å². The Hall–Kier alpha value is -1.27. The highest BCUT2D eigenvalue weighted by Crippen LogP contribution is 2.24. The van der Waals surface area contributed by atoms with Crippen LogP contribution in [0.15, 0.2) is 33.9 Å². The van der Waals surface area contributed by atoms with E-state index in [1.807, 2.05) is 24.3 Å². The molecular formula is C14H17BrN4S. The number of aromatic nitrogens is 2. The molecular weight excluding hydrogens is 336 g/mol. The van der Waals surface area contributed by atoms with Gasteiger partial charge in [0.05, 0.1) is 11.4 Å². The molecule has 0 amide bonds. The fourth-order valence-electron chi connectivity index (χ4n) is 1.70. The lowest BCUT2D eigenvalue weighted by atomic mass is 10.1. The lowest BCUT2D eigenvalue weighted by Crippen LogP contribution is -2.07. The summed E-state index contributed by atoms with van der Waals surface area (Å²) in [6.07, 6.45) is 1.73. The number of halogens is 1. The Balaban J connectivity index is 2.25. The number of hydrogen-bond donors (Lipinski definition) is 2. The van der Waals surface area contributed by atoms with Crippen LogP contribution in [-0.2, 0) is 6.42 Å². The maximum Gasteiger partial charge on any atom is 0.189 e. The molecule has 106 valence electrons. The van der Waals surface area contributed by atoms with Crippen LogP contribution in [-0.4, -0.2) is 15.7 Å². The van der Waals surface area contributed by atoms with Crippen molar-refractivity contribution in [2.75, 3.05) is 17.2 Å². The molecule has 0 atom stereocenters. The van der Waals surface area contributed by atoms with E-state index in [-0.39, 0.29) is 0 Å². The van der Waals surface area contributed by atoms with Crippen molar-refractivity contribution in [3.8, 4) is 0 Å². The second kappa shape index (κ2) is 6.95. The molecule has 0 bridgehead atoms. The zero-order chi connectivity index (χ0) is 14.5. The van der Waals surface area contributed by atoms with Crippen LogP contribution in [0.3, 0.4) is 0 Å². The maximum atomic E-state index is 5.99. The van der Waals surface area contributed by atoms with Crippen molar-refractivity contribution in [2.45, 2.75) is 24.9 Å². The Morgan fingerprint density at radius 3 is 2.50 bits per heavy atom. The molecule has 2 aromatic rings. The summed E-state index contributed by atoms with van der Waals surface area (Å²) in [5.74, 6) is 1.34. The minimum Gasteiger partial charge on any atom is -0.394 e. The second-order valence-corrected chi connectivity index (χ2v) is 6.38. The molecule has 4 nitrogen and oxygen atoms in total. The lowest BCUT2D eigenvalue weighted by Gasteiger charge is -2.09. The fourth-order valence-corrected chi connectivity index (χ4v) is 2.69. The molecule has 0 aliphatic rings. The van der Waals surface area contributed by atoms with E-state index in [4.69, 9.17) is 11.5 Å². The monoisotopic (exact) mass is 352 g/mol. The molecule has 0 unspecified atom stereocenters. The molecule has 1 aromatic carbocycles. The Labute approximate surface area is 131 Å². The van der Waals surface area contributed by atoms with Gasteiger partial charge in [0.2, 0.25) is 0 Å². The first-order valence-electron chi connectivity index (χ1n) is 6.39. The average Bonchev–Trinajstić information content (AvgIpc) is 2.44. The first kappa shape index (κ1) is 15.1. The topological polar surface area (TPSA) is 77.8 Å². The van der Waals surface area contributed by atoms with E-state index in [1.165, 1.54) is 0 Å². The van der Waals surface area contributed by atoms with Crippen LogP contribution in [0.5, 0.6) is 0 Å². The van der Waals surface area contributed by atoms with E-state index in [0.717, 1.165) is 27.9 Å². The third-order valence-electron chi connectivity index (χ3n) is 2.75. The molecule has 0 spiro atoms. The molecule has 0 radical (unpaired) electrons. The van der Waals surface area contributed by atoms with Gasteiger partial charge in [-0.05, 0) is 24.1 Å². The third kappa shape index (κ3) is 3.86. The van der Waals surface area contributed by atoms with Gasteiger partial charge in [-0.15, -0.1) is 0 Å². The predicted octanol–water partition coefficient (Wildman–Crippen LogP) is 3.50. The van der Waals surface area contributed by atoms with Crippen molar-refractivity contribution in [2.24, 2.45) is 0 Å². The van der Waals surface area contributed by atoms with Gasteiger partial charge in [-0.2, -0.15) is 0 Å². The highest BCUT2D eigenvalue weighted by molar-refractivity contribution is 9.10. The van der Waals surface area contributed by atoms with Gasteiger partial charge in [-0.3, -0.25) is 0 Å². The highest BCUT2D eigenvalue weighted by Gasteiger charge is 2.10. The predicted molar refractivity (Wildman–Crippen MR) is 88.8 cm³/mol. The van der Waals surface area contributed by atoms with Crippen molar-refractivity contribution in [3.05, 3.63) is 40.0 Å². The average molecular weight is 353 g/mol. The molecule has 0 saturated heterocycles. The van der Waals surface area contributed by atoms with E-state index < -0.39 is 0 Å². The van der Waals surface area contributed by atoms with Crippen LogP contribution in [0.4, 0.5) is 11.5 Å². The molecule has 0 aliphatic heterocycles. The first-order chi connectivity index (χ1) is 9.60. The van der Waals surface area contributed by atoms with Gasteiger partial charge in [-0.1, -0.05) is 46.7 Å². The molecule has 0 saturated carbocycles. The Morgan fingerprint density at radius 2 is 1.85 bits per heavy atom. The van der Waals surface area contributed by atoms with Gasteiger partial charge in [-0.25, -0.2) is 9.97 Å². The number of nitrogens with two attached hydrogens (primary N) is 2. The van der Waals surface area contributed by atoms with Crippen molar-refractivity contribution >= 4 is 39.2 Å². The first-order valence-corrected chi connectivity index (χ1v) is 8.17. The van der Waals surface area contributed by atoms with E-state index in [9.17, 15) is 0 Å². The zero-order valence-electron chi connectivity index (χ0n) is 11.3. The van der Waals surface area contributed by atoms with E-state index in [2.05, 4.69) is 32.8 Å². The standard InChI is InChI=1S/C14H17BrN4S/c1-2-7-20-14-18-11(12(16)13(17)19-14)8-9-3-5-10(15)6-4-9/h3-6H,2,7-8,16H2,1H3,(H2,17,18,19). The van der Waals surface area contributed by atoms with Crippen molar-refractivity contribution in [1.82, 2.24) is 9.97 Å². The Kier molecular flexibility index (Phi) is 5.25. The minimum absolute atomic E-state index is 0.366. The van der Waals surface area contributed by atoms with Gasteiger partial charge in [0, 0.05) is 16.6 Å². The van der Waals surface area contributed by atoms with Gasteiger partial charge < -0.3 is 11.5 Å². The molecule has 1 heterocycles. The molecule has 4 N–H and O–H groups in total. The fraction of sp³-hybridized carbons (Fsp3) is 0.286. The lowest BCUT2D eigenvalue weighted by molar-refractivity contribution is 0.912. The summed E-state index contributed by atoms with van der Waals surface area (Å²) in [5, 5.41) is 0.700. The SMILES string of the molecule is CCCSc1nc(N)c(N)c(Cc2ccc(Br)cc2)n1. The van der Waals surface area contributed by atoms with E-state index in [1.54, 1.807) is 11.8 Å². The molecule has 1 aromatic heterocycles. The highest BCUT2D eigenvalue weighted by atomic mass is 79.9. The van der Waals surface area contributed by atoms with Crippen molar-refractivity contribution in [3.63, 3.8) is 0 Å². The zero-order valence-corrected chi connectivity index (χ0v) is 13.7. The summed E-state index contributed by atoms with van der Waals surface area (Å²) in [4.78, 5) is 8.75. The number of nitrogens with zero attached hydrogens (tertiary/aromatic N) is 2. The second-order valence-electron chi connectivity index (χ2n) is 4.40. The number of rotatable bonds is 5. The molecule has 20 heavy (non-hydrogen) atoms. The van der Waals surface area contributed by atoms with Gasteiger partial charge in [0.25, 0.3) is 0 Å². The molecule has 0 aliphatic carbocycles. The number of thioether (sulfide) groups is 1. The van der Waals surface area contributed by atoms with Gasteiger partial charge >= 0.3 is 0 Å². The summed E-state index contributed by atoms with van der Waals surface area (Å²) >= 11 is 5.03. The van der Waals surface area contributed by atoms with Crippen LogP contribution < -0.4 is 11.5 Å². The molecule has 6 heteroatoms. The Bertz CT molecular complexity index is 586.